The lowest BCUT2D eigenvalue weighted by Gasteiger charge is -2.15. The van der Waals surface area contributed by atoms with Crippen LogP contribution in [0.5, 0.6) is 0 Å². The van der Waals surface area contributed by atoms with Crippen molar-refractivity contribution in [3.8, 4) is 11.1 Å². The standard InChI is InChI=1S/C18H20FN3O2/c1-12(22-17(23)10-11-21-18(20)24)13-2-4-14(5-3-13)15-6-8-16(19)9-7-15/h2-9,12H,10-11H2,1H3,(H,22,23)(H3,20,21,24)/t12-/m0/s1. The van der Waals surface area contributed by atoms with Gasteiger partial charge in [0.1, 0.15) is 5.82 Å². The Morgan fingerprint density at radius 1 is 1.04 bits per heavy atom. The number of halogens is 1. The summed E-state index contributed by atoms with van der Waals surface area (Å²) in [5.74, 6) is -0.434. The maximum absolute atomic E-state index is 13.0. The first kappa shape index (κ1) is 17.5. The summed E-state index contributed by atoms with van der Waals surface area (Å²) in [5.41, 5.74) is 7.80. The number of hydrogen-bond acceptors (Lipinski definition) is 2. The second-order valence-corrected chi connectivity index (χ2v) is 5.46. The van der Waals surface area contributed by atoms with Gasteiger partial charge in [0.2, 0.25) is 5.91 Å². The van der Waals surface area contributed by atoms with Crippen LogP contribution in [0, 0.1) is 5.82 Å². The fraction of sp³-hybridized carbons (Fsp3) is 0.222. The van der Waals surface area contributed by atoms with Gasteiger partial charge in [-0.05, 0) is 35.7 Å². The average molecular weight is 329 g/mol. The Morgan fingerprint density at radius 3 is 2.12 bits per heavy atom. The molecule has 0 aliphatic carbocycles. The largest absolute Gasteiger partial charge is 0.352 e. The molecular formula is C18H20FN3O2. The fourth-order valence-electron chi connectivity index (χ4n) is 2.30. The Bertz CT molecular complexity index is 699. The number of primary amides is 1. The van der Waals surface area contributed by atoms with Crippen LogP contribution in [0.15, 0.2) is 48.5 Å². The Balaban J connectivity index is 1.93. The first-order valence-electron chi connectivity index (χ1n) is 7.64. The number of nitrogens with one attached hydrogen (secondary N) is 2. The van der Waals surface area contributed by atoms with Gasteiger partial charge >= 0.3 is 6.03 Å². The summed E-state index contributed by atoms with van der Waals surface area (Å²) in [6, 6.07) is 13.2. The van der Waals surface area contributed by atoms with Crippen molar-refractivity contribution in [2.75, 3.05) is 6.54 Å². The lowest BCUT2D eigenvalue weighted by atomic mass is 10.0. The number of urea groups is 1. The number of benzene rings is 2. The molecule has 0 spiro atoms. The fourth-order valence-corrected chi connectivity index (χ4v) is 2.30. The first-order chi connectivity index (χ1) is 11.5. The van der Waals surface area contributed by atoms with E-state index in [9.17, 15) is 14.0 Å². The second-order valence-electron chi connectivity index (χ2n) is 5.46. The van der Waals surface area contributed by atoms with Gasteiger partial charge < -0.3 is 16.4 Å². The summed E-state index contributed by atoms with van der Waals surface area (Å²) in [7, 11) is 0. The molecule has 2 rings (SSSR count). The van der Waals surface area contributed by atoms with Crippen molar-refractivity contribution in [2.24, 2.45) is 5.73 Å². The van der Waals surface area contributed by atoms with Crippen LogP contribution in [0.1, 0.15) is 24.9 Å². The topological polar surface area (TPSA) is 84.2 Å². The smallest absolute Gasteiger partial charge is 0.312 e. The third kappa shape index (κ3) is 5.08. The van der Waals surface area contributed by atoms with Gasteiger partial charge in [-0.25, -0.2) is 9.18 Å². The quantitative estimate of drug-likeness (QED) is 0.761. The molecule has 0 saturated carbocycles. The summed E-state index contributed by atoms with van der Waals surface area (Å²) in [6.45, 7) is 2.09. The Hall–Kier alpha value is -2.89. The Kier molecular flexibility index (Phi) is 5.89. The van der Waals surface area contributed by atoms with E-state index in [1.54, 1.807) is 12.1 Å². The average Bonchev–Trinajstić information content (AvgIpc) is 2.55. The molecule has 0 heterocycles. The summed E-state index contributed by atoms with van der Waals surface area (Å²) < 4.78 is 13.0. The minimum atomic E-state index is -0.646. The van der Waals surface area contributed by atoms with Crippen molar-refractivity contribution in [1.82, 2.24) is 10.6 Å². The molecule has 0 saturated heterocycles. The number of nitrogens with two attached hydrogens (primary N) is 1. The van der Waals surface area contributed by atoms with E-state index in [0.29, 0.717) is 0 Å². The van der Waals surface area contributed by atoms with Gasteiger partial charge in [0.05, 0.1) is 6.04 Å². The zero-order chi connectivity index (χ0) is 17.5. The molecule has 0 unspecified atom stereocenters. The highest BCUT2D eigenvalue weighted by Crippen LogP contribution is 2.22. The lowest BCUT2D eigenvalue weighted by molar-refractivity contribution is -0.121. The summed E-state index contributed by atoms with van der Waals surface area (Å²) >= 11 is 0. The molecule has 4 N–H and O–H groups in total. The molecule has 1 atom stereocenters. The van der Waals surface area contributed by atoms with Crippen LogP contribution in [0.4, 0.5) is 9.18 Å². The van der Waals surface area contributed by atoms with Gasteiger partial charge in [0, 0.05) is 13.0 Å². The van der Waals surface area contributed by atoms with Crippen molar-refractivity contribution in [2.45, 2.75) is 19.4 Å². The normalized spacial score (nSPS) is 11.6. The van der Waals surface area contributed by atoms with E-state index < -0.39 is 6.03 Å². The highest BCUT2D eigenvalue weighted by Gasteiger charge is 2.10. The molecule has 0 aromatic heterocycles. The maximum Gasteiger partial charge on any atom is 0.312 e. The molecule has 3 amide bonds. The highest BCUT2D eigenvalue weighted by atomic mass is 19.1. The summed E-state index contributed by atoms with van der Waals surface area (Å²) in [6.07, 6.45) is 0.168. The number of amides is 3. The van der Waals surface area contributed by atoms with Crippen LogP contribution < -0.4 is 16.4 Å². The van der Waals surface area contributed by atoms with E-state index in [2.05, 4.69) is 10.6 Å². The molecule has 0 aliphatic rings. The van der Waals surface area contributed by atoms with Crippen LogP contribution in [0.2, 0.25) is 0 Å². The van der Waals surface area contributed by atoms with Gasteiger partial charge in [0.25, 0.3) is 0 Å². The van der Waals surface area contributed by atoms with E-state index >= 15 is 0 Å². The van der Waals surface area contributed by atoms with E-state index in [1.807, 2.05) is 31.2 Å². The van der Waals surface area contributed by atoms with Gasteiger partial charge in [-0.3, -0.25) is 4.79 Å². The molecule has 0 fully saturated rings. The molecule has 2 aromatic carbocycles. The van der Waals surface area contributed by atoms with Crippen molar-refractivity contribution >= 4 is 11.9 Å². The van der Waals surface area contributed by atoms with Crippen molar-refractivity contribution in [3.05, 3.63) is 59.9 Å². The summed E-state index contributed by atoms with van der Waals surface area (Å²) in [5, 5.41) is 5.23. The first-order valence-corrected chi connectivity index (χ1v) is 7.64. The zero-order valence-corrected chi connectivity index (χ0v) is 13.4. The zero-order valence-electron chi connectivity index (χ0n) is 13.4. The van der Waals surface area contributed by atoms with E-state index in [4.69, 9.17) is 5.73 Å². The van der Waals surface area contributed by atoms with Crippen molar-refractivity contribution < 1.29 is 14.0 Å². The minimum absolute atomic E-state index is 0.159. The summed E-state index contributed by atoms with van der Waals surface area (Å²) in [4.78, 5) is 22.3. The molecule has 0 aliphatic heterocycles. The number of carbonyl (C=O) groups excluding carboxylic acids is 2. The Morgan fingerprint density at radius 2 is 1.58 bits per heavy atom. The lowest BCUT2D eigenvalue weighted by Crippen LogP contribution is -2.34. The molecule has 6 heteroatoms. The van der Waals surface area contributed by atoms with Crippen LogP contribution >= 0.6 is 0 Å². The molecule has 0 bridgehead atoms. The third-order valence-electron chi connectivity index (χ3n) is 3.62. The molecule has 0 radical (unpaired) electrons. The molecular weight excluding hydrogens is 309 g/mol. The molecule has 24 heavy (non-hydrogen) atoms. The molecule has 5 nitrogen and oxygen atoms in total. The third-order valence-corrected chi connectivity index (χ3v) is 3.62. The predicted molar refractivity (Wildman–Crippen MR) is 90.6 cm³/mol. The highest BCUT2D eigenvalue weighted by molar-refractivity contribution is 5.78. The SMILES string of the molecule is C[C@H](NC(=O)CCNC(N)=O)c1ccc(-c2ccc(F)cc2)cc1. The van der Waals surface area contributed by atoms with Gasteiger partial charge in [-0.15, -0.1) is 0 Å². The maximum atomic E-state index is 13.0. The van der Waals surface area contributed by atoms with Crippen LogP contribution in [0.3, 0.4) is 0 Å². The van der Waals surface area contributed by atoms with E-state index in [1.165, 1.54) is 12.1 Å². The minimum Gasteiger partial charge on any atom is -0.352 e. The van der Waals surface area contributed by atoms with Crippen molar-refractivity contribution in [1.29, 1.82) is 0 Å². The Labute approximate surface area is 140 Å². The van der Waals surface area contributed by atoms with Gasteiger partial charge in [-0.1, -0.05) is 36.4 Å². The predicted octanol–water partition coefficient (Wildman–Crippen LogP) is 2.73. The van der Waals surface area contributed by atoms with E-state index in [-0.39, 0.29) is 30.7 Å². The monoisotopic (exact) mass is 329 g/mol. The van der Waals surface area contributed by atoms with Gasteiger partial charge in [0.15, 0.2) is 0 Å². The molecule has 126 valence electrons. The van der Waals surface area contributed by atoms with Crippen LogP contribution in [-0.2, 0) is 4.79 Å². The van der Waals surface area contributed by atoms with Crippen LogP contribution in [0.25, 0.3) is 11.1 Å². The number of rotatable bonds is 6. The van der Waals surface area contributed by atoms with E-state index in [0.717, 1.165) is 16.7 Å². The molecule has 2 aromatic rings. The van der Waals surface area contributed by atoms with Crippen molar-refractivity contribution in [3.63, 3.8) is 0 Å². The number of hydrogen-bond donors (Lipinski definition) is 3. The number of carbonyl (C=O) groups is 2. The van der Waals surface area contributed by atoms with Gasteiger partial charge in [-0.2, -0.15) is 0 Å². The second kappa shape index (κ2) is 8.10. The van der Waals surface area contributed by atoms with Crippen LogP contribution in [-0.4, -0.2) is 18.5 Å².